The third-order valence-corrected chi connectivity index (χ3v) is 12.6. The summed E-state index contributed by atoms with van der Waals surface area (Å²) in [6, 6.07) is 7.60. The van der Waals surface area contributed by atoms with Gasteiger partial charge in [0.25, 0.3) is 12.2 Å². The summed E-state index contributed by atoms with van der Waals surface area (Å²) in [5.74, 6) is -4.21. The molecule has 4 aliphatic rings. The van der Waals surface area contributed by atoms with Crippen molar-refractivity contribution in [2.75, 3.05) is 51.9 Å². The van der Waals surface area contributed by atoms with Gasteiger partial charge in [-0.3, -0.25) is 9.59 Å². The molecule has 0 aromatic heterocycles. The third-order valence-electron chi connectivity index (χ3n) is 11.1. The first-order chi connectivity index (χ1) is 31.9. The van der Waals surface area contributed by atoms with Gasteiger partial charge < -0.3 is 80.7 Å². The second-order valence-corrected chi connectivity index (χ2v) is 17.0. The van der Waals surface area contributed by atoms with Crippen LogP contribution in [0.3, 0.4) is 0 Å². The van der Waals surface area contributed by atoms with Crippen molar-refractivity contribution in [3.05, 3.63) is 64.9 Å². The SMILES string of the molecule is O=C(CCCCC1SCC2NC(=O)NC21)NCCOCCOCCOc1cc(C2(C(O)C(F)(F)F)N=N2)ccc1C(=O)N[C@]1(O)[C@H](O/C(=C\c2ccc([O-])cc2)C(=O)O)O[C@H](CO)[C@H](O)[C@@H]1O.[K+]. The normalized spacial score (nSPS) is 26.4. The van der Waals surface area contributed by atoms with Crippen LogP contribution in [0.4, 0.5) is 18.0 Å². The van der Waals surface area contributed by atoms with Crippen LogP contribution < -0.4 is 82.5 Å². The van der Waals surface area contributed by atoms with Gasteiger partial charge in [0.2, 0.25) is 29.2 Å². The van der Waals surface area contributed by atoms with Gasteiger partial charge in [-0.05, 0) is 36.6 Å². The Bertz CT molecular complexity index is 2140. The van der Waals surface area contributed by atoms with Gasteiger partial charge in [0.05, 0.1) is 50.7 Å². The molecule has 0 aliphatic carbocycles. The quantitative estimate of drug-likeness (QED) is 0.0122. The molecule has 4 amide bonds. The molecule has 3 fully saturated rings. The molecular weight excluding hydrogens is 961 g/mol. The number of aliphatic hydroxyl groups excluding tert-OH is 4. The molecule has 368 valence electrons. The van der Waals surface area contributed by atoms with Crippen molar-refractivity contribution in [2.24, 2.45) is 10.2 Å². The summed E-state index contributed by atoms with van der Waals surface area (Å²) in [4.78, 5) is 50.0. The van der Waals surface area contributed by atoms with Gasteiger partial charge in [0.15, 0.2) is 0 Å². The predicted octanol–water partition coefficient (Wildman–Crippen LogP) is -3.44. The summed E-state index contributed by atoms with van der Waals surface area (Å²) in [5, 5.41) is 92.6. The second-order valence-electron chi connectivity index (χ2n) is 15.8. The summed E-state index contributed by atoms with van der Waals surface area (Å²) in [5.41, 5.74) is -6.50. The van der Waals surface area contributed by atoms with E-state index >= 15 is 0 Å². The number of carboxylic acid groups (broad SMARTS) is 1. The second kappa shape index (κ2) is 24.4. The number of thioether (sulfide) groups is 1. The van der Waals surface area contributed by atoms with Gasteiger partial charge in [-0.1, -0.05) is 36.8 Å². The number of fused-ring (bicyclic) bond motifs is 1. The average Bonchev–Trinajstić information content (AvgIpc) is 3.89. The number of nitrogens with zero attached hydrogens (tertiary/aromatic N) is 2. The standard InChI is InChI=1S/C41H51F3N6O16S.K/c42-41(43,44)36(59)39(49-50-39)22-7-10-24(34(56)48-40(61)33(55)32(54)28(19-51)66-37(40)65-27(35(57)58)17-21-5-8-23(52)9-6-21)26(18-22)64-16-15-63-14-13-62-12-11-45-30(53)4-2-1-3-29-31-25(20-67-29)46-38(60)47-31;/h5-10,17-18,25,28-29,31-33,36-37,51-52,54-55,59,61H,1-4,11-16,19-20H2,(H,45,53)(H,48,56)(H,57,58)(H2,46,47,60);/q;+1/p-1/b27-17-;/t25?,28-,29?,31?,32+,33+,36?,37-,40-;/m1./s1. The molecule has 2 aromatic carbocycles. The topological polar surface area (TPSA) is 332 Å². The summed E-state index contributed by atoms with van der Waals surface area (Å²) in [6.45, 7) is -0.984. The third kappa shape index (κ3) is 13.8. The molecular formula is C41H50F3KN6O16S. The van der Waals surface area contributed by atoms with Crippen LogP contribution in [-0.2, 0) is 34.2 Å². The molecule has 68 heavy (non-hydrogen) atoms. The van der Waals surface area contributed by atoms with E-state index < -0.39 is 89.6 Å². The first kappa shape index (κ1) is 55.2. The smallest absolute Gasteiger partial charge is 0.872 e. The van der Waals surface area contributed by atoms with Crippen molar-refractivity contribution in [1.29, 1.82) is 0 Å². The van der Waals surface area contributed by atoms with Crippen molar-refractivity contribution in [3.8, 4) is 11.5 Å². The number of urea groups is 1. The van der Waals surface area contributed by atoms with Gasteiger partial charge in [0, 0.05) is 29.5 Å². The zero-order valence-corrected chi connectivity index (χ0v) is 40.4. The van der Waals surface area contributed by atoms with Crippen molar-refractivity contribution >= 4 is 41.7 Å². The summed E-state index contributed by atoms with van der Waals surface area (Å²) in [6.07, 6.45) is -13.3. The number of carbonyl (C=O) groups excluding carboxylic acids is 3. The Morgan fingerprint density at radius 2 is 1.72 bits per heavy atom. The molecule has 4 aliphatic heterocycles. The number of hydrogen-bond acceptors (Lipinski definition) is 18. The fourth-order valence-electron chi connectivity index (χ4n) is 7.45. The molecule has 0 radical (unpaired) electrons. The van der Waals surface area contributed by atoms with Crippen molar-refractivity contribution in [3.63, 3.8) is 0 Å². The minimum atomic E-state index is -5.18. The molecule has 0 bridgehead atoms. The van der Waals surface area contributed by atoms with Gasteiger partial charge in [-0.2, -0.15) is 35.2 Å². The summed E-state index contributed by atoms with van der Waals surface area (Å²) >= 11 is 1.81. The Balaban J connectivity index is 0.00000864. The maximum Gasteiger partial charge on any atom is 1.00 e. The van der Waals surface area contributed by atoms with Crippen LogP contribution in [0, 0.1) is 0 Å². The van der Waals surface area contributed by atoms with E-state index in [-0.39, 0.29) is 126 Å². The van der Waals surface area contributed by atoms with Crippen LogP contribution in [0.25, 0.3) is 6.08 Å². The Kier molecular flexibility index (Phi) is 19.9. The number of unbranched alkanes of at least 4 members (excludes halogenated alkanes) is 1. The summed E-state index contributed by atoms with van der Waals surface area (Å²) < 4.78 is 68.4. The number of nitrogens with one attached hydrogen (secondary N) is 4. The molecule has 2 aromatic rings. The molecule has 0 spiro atoms. The Labute approximate surface area is 432 Å². The van der Waals surface area contributed by atoms with E-state index in [0.717, 1.165) is 55.0 Å². The monoisotopic (exact) mass is 1010 g/mol. The first-order valence-corrected chi connectivity index (χ1v) is 22.0. The minimum Gasteiger partial charge on any atom is -0.872 e. The number of amides is 4. The maximum atomic E-state index is 13.9. The fraction of sp³-hybridized carbons (Fsp3) is 0.561. The minimum absolute atomic E-state index is 0. The van der Waals surface area contributed by atoms with E-state index in [9.17, 15) is 68.1 Å². The number of benzene rings is 2. The zero-order chi connectivity index (χ0) is 48.5. The number of ether oxygens (including phenoxy) is 5. The van der Waals surface area contributed by atoms with Crippen LogP contribution in [0.2, 0.25) is 0 Å². The van der Waals surface area contributed by atoms with E-state index in [2.05, 4.69) is 26.2 Å². The molecule has 22 nitrogen and oxygen atoms in total. The van der Waals surface area contributed by atoms with E-state index in [4.69, 9.17) is 23.7 Å². The molecule has 3 saturated heterocycles. The number of aliphatic carboxylic acids is 1. The van der Waals surface area contributed by atoms with Crippen LogP contribution in [0.15, 0.2) is 58.5 Å². The number of hydrogen-bond donors (Lipinski definition) is 10. The molecule has 4 heterocycles. The summed E-state index contributed by atoms with van der Waals surface area (Å²) in [7, 11) is 0. The van der Waals surface area contributed by atoms with Gasteiger partial charge in [0.1, 0.15) is 30.7 Å². The number of halogens is 3. The Morgan fingerprint density at radius 3 is 2.38 bits per heavy atom. The van der Waals surface area contributed by atoms with Gasteiger partial charge in [-0.15, -0.1) is 5.75 Å². The average molecular weight is 1010 g/mol. The number of carboxylic acids is 1. The van der Waals surface area contributed by atoms with Crippen LogP contribution in [0.1, 0.15) is 47.2 Å². The van der Waals surface area contributed by atoms with Crippen LogP contribution >= 0.6 is 11.8 Å². The van der Waals surface area contributed by atoms with Gasteiger partial charge >= 0.3 is 69.6 Å². The first-order valence-electron chi connectivity index (χ1n) is 21.0. The predicted molar refractivity (Wildman–Crippen MR) is 222 cm³/mol. The Morgan fingerprint density at radius 1 is 1.03 bits per heavy atom. The molecule has 27 heteroatoms. The molecule has 0 saturated carbocycles. The molecule has 6 rings (SSSR count). The number of carbonyl (C=O) groups is 4. The van der Waals surface area contributed by atoms with Crippen molar-refractivity contribution < 1.29 is 143 Å². The van der Waals surface area contributed by atoms with E-state index in [1.54, 1.807) is 0 Å². The Hall–Kier alpha value is -3.68. The number of aliphatic hydroxyl groups is 5. The van der Waals surface area contributed by atoms with E-state index in [0.29, 0.717) is 18.1 Å². The van der Waals surface area contributed by atoms with Crippen molar-refractivity contribution in [2.45, 2.75) is 91.3 Å². The fourth-order valence-corrected chi connectivity index (χ4v) is 9.00. The molecule has 9 atom stereocenters. The maximum absolute atomic E-state index is 13.9. The zero-order valence-electron chi connectivity index (χ0n) is 36.4. The van der Waals surface area contributed by atoms with Crippen LogP contribution in [0.5, 0.6) is 11.5 Å². The largest absolute Gasteiger partial charge is 1.00 e. The molecule has 4 unspecified atom stereocenters. The van der Waals surface area contributed by atoms with Crippen LogP contribution in [-0.4, -0.2) is 166 Å². The number of rotatable bonds is 24. The van der Waals surface area contributed by atoms with Gasteiger partial charge in [-0.25, -0.2) is 9.59 Å². The number of alkyl halides is 3. The van der Waals surface area contributed by atoms with E-state index in [1.807, 2.05) is 17.1 Å². The van der Waals surface area contributed by atoms with E-state index in [1.165, 1.54) is 12.1 Å². The molecule has 10 N–H and O–H groups in total. The van der Waals surface area contributed by atoms with Crippen molar-refractivity contribution in [1.82, 2.24) is 21.3 Å².